The van der Waals surface area contributed by atoms with Crippen LogP contribution in [0.5, 0.6) is 5.75 Å². The predicted octanol–water partition coefficient (Wildman–Crippen LogP) is 6.44. The van der Waals surface area contributed by atoms with Crippen LogP contribution in [0.25, 0.3) is 0 Å². The van der Waals surface area contributed by atoms with Crippen LogP contribution in [0, 0.1) is 18.7 Å². The maximum atomic E-state index is 13.2. The lowest BCUT2D eigenvalue weighted by atomic mass is 9.78. The van der Waals surface area contributed by atoms with Gasteiger partial charge in [-0.1, -0.05) is 71.4 Å². The van der Waals surface area contributed by atoms with Crippen LogP contribution < -0.4 is 4.74 Å². The molecule has 1 fully saturated rings. The van der Waals surface area contributed by atoms with Gasteiger partial charge in [-0.05, 0) is 47.8 Å². The molecule has 0 saturated heterocycles. The molecule has 1 saturated carbocycles. The Morgan fingerprint density at radius 2 is 1.46 bits per heavy atom. The average Bonchev–Trinajstić information content (AvgIpc) is 3.35. The van der Waals surface area contributed by atoms with Gasteiger partial charge in [-0.3, -0.25) is 4.79 Å². The third-order valence-electron chi connectivity index (χ3n) is 5.44. The lowest BCUT2D eigenvalue weighted by Crippen LogP contribution is -2.23. The van der Waals surface area contributed by atoms with Crippen molar-refractivity contribution in [2.24, 2.45) is 5.92 Å². The minimum atomic E-state index is -0.257. The van der Waals surface area contributed by atoms with Crippen molar-refractivity contribution in [3.05, 3.63) is 64.5 Å². The van der Waals surface area contributed by atoms with E-state index in [4.69, 9.17) is 4.74 Å². The van der Waals surface area contributed by atoms with E-state index in [1.165, 1.54) is 17.7 Å². The van der Waals surface area contributed by atoms with Gasteiger partial charge in [-0.2, -0.15) is 0 Å². The van der Waals surface area contributed by atoms with Crippen LogP contribution in [0.4, 0.5) is 4.39 Å². The Morgan fingerprint density at radius 1 is 0.964 bits per heavy atom. The van der Waals surface area contributed by atoms with E-state index in [-0.39, 0.29) is 34.5 Å². The highest BCUT2D eigenvalue weighted by atomic mass is 19.1. The summed E-state index contributed by atoms with van der Waals surface area (Å²) in [5.41, 5.74) is 4.02. The minimum Gasteiger partial charge on any atom is -0.426 e. The van der Waals surface area contributed by atoms with Crippen molar-refractivity contribution in [1.29, 1.82) is 0 Å². The van der Waals surface area contributed by atoms with Gasteiger partial charge in [0.2, 0.25) is 0 Å². The first-order valence-corrected chi connectivity index (χ1v) is 10.0. The summed E-state index contributed by atoms with van der Waals surface area (Å²) in [6, 6.07) is 10.7. The zero-order valence-corrected chi connectivity index (χ0v) is 18.0. The Bertz CT molecular complexity index is 847. The van der Waals surface area contributed by atoms with E-state index in [2.05, 4.69) is 60.6 Å². The highest BCUT2D eigenvalue weighted by Gasteiger charge is 2.46. The number of aryl methyl sites for hydroxylation is 1. The molecule has 0 spiro atoms. The standard InChI is InChI=1S/C25H31FO2/c1-15-12-20(24(2,3)4)22(21(13-15)25(5,6)7)28-23(27)19-14-18(19)16-8-10-17(26)11-9-16/h8-13,18-19H,14H2,1-7H3/t18-,19+/m1/s1. The van der Waals surface area contributed by atoms with Crippen LogP contribution >= 0.6 is 0 Å². The van der Waals surface area contributed by atoms with Gasteiger partial charge < -0.3 is 4.74 Å². The Labute approximate surface area is 168 Å². The van der Waals surface area contributed by atoms with Crippen LogP contribution in [0.2, 0.25) is 0 Å². The van der Waals surface area contributed by atoms with E-state index >= 15 is 0 Å². The molecule has 3 heteroatoms. The van der Waals surface area contributed by atoms with Crippen LogP contribution in [0.15, 0.2) is 36.4 Å². The van der Waals surface area contributed by atoms with E-state index in [0.29, 0.717) is 5.75 Å². The zero-order valence-electron chi connectivity index (χ0n) is 18.0. The minimum absolute atomic E-state index is 0.120. The fourth-order valence-electron chi connectivity index (χ4n) is 3.71. The molecule has 0 bridgehead atoms. The van der Waals surface area contributed by atoms with E-state index in [0.717, 1.165) is 23.1 Å². The maximum absolute atomic E-state index is 13.2. The molecule has 0 N–H and O–H groups in total. The summed E-state index contributed by atoms with van der Waals surface area (Å²) in [6.45, 7) is 14.9. The second-order valence-electron chi connectivity index (χ2n) is 10.1. The Hall–Kier alpha value is -2.16. The second-order valence-corrected chi connectivity index (χ2v) is 10.1. The van der Waals surface area contributed by atoms with Crippen molar-refractivity contribution in [3.63, 3.8) is 0 Å². The molecule has 0 heterocycles. The molecule has 2 aromatic carbocycles. The molecule has 0 unspecified atom stereocenters. The average molecular weight is 383 g/mol. The van der Waals surface area contributed by atoms with Crippen LogP contribution in [-0.2, 0) is 15.6 Å². The molecular formula is C25H31FO2. The van der Waals surface area contributed by atoms with Gasteiger partial charge in [0.05, 0.1) is 5.92 Å². The lowest BCUT2D eigenvalue weighted by molar-refractivity contribution is -0.136. The number of hydrogen-bond acceptors (Lipinski definition) is 2. The van der Waals surface area contributed by atoms with Gasteiger partial charge in [0.1, 0.15) is 11.6 Å². The third kappa shape index (κ3) is 4.29. The molecule has 0 radical (unpaired) electrons. The van der Waals surface area contributed by atoms with Gasteiger partial charge in [-0.25, -0.2) is 4.39 Å². The number of carbonyl (C=O) groups is 1. The molecule has 1 aliphatic rings. The van der Waals surface area contributed by atoms with Crippen molar-refractivity contribution in [2.75, 3.05) is 0 Å². The molecule has 2 aromatic rings. The molecule has 3 rings (SSSR count). The van der Waals surface area contributed by atoms with E-state index < -0.39 is 0 Å². The summed E-state index contributed by atoms with van der Waals surface area (Å²) < 4.78 is 19.2. The molecule has 0 aliphatic heterocycles. The molecule has 28 heavy (non-hydrogen) atoms. The highest BCUT2D eigenvalue weighted by Crippen LogP contribution is 2.49. The fraction of sp³-hybridized carbons (Fsp3) is 0.480. The van der Waals surface area contributed by atoms with Gasteiger partial charge >= 0.3 is 5.97 Å². The van der Waals surface area contributed by atoms with Crippen LogP contribution in [0.1, 0.15) is 76.1 Å². The van der Waals surface area contributed by atoms with E-state index in [1.807, 2.05) is 0 Å². The number of halogens is 1. The van der Waals surface area contributed by atoms with Crippen molar-refractivity contribution in [3.8, 4) is 5.75 Å². The first-order chi connectivity index (χ1) is 12.9. The Balaban J connectivity index is 1.91. The number of carbonyl (C=O) groups excluding carboxylic acids is 1. The lowest BCUT2D eigenvalue weighted by Gasteiger charge is -2.29. The van der Waals surface area contributed by atoms with Gasteiger partial charge in [0, 0.05) is 11.1 Å². The molecule has 150 valence electrons. The number of ether oxygens (including phenoxy) is 1. The highest BCUT2D eigenvalue weighted by molar-refractivity contribution is 5.80. The van der Waals surface area contributed by atoms with E-state index in [1.54, 1.807) is 12.1 Å². The molecular weight excluding hydrogens is 351 g/mol. The van der Waals surface area contributed by atoms with Crippen LogP contribution in [0.3, 0.4) is 0 Å². The van der Waals surface area contributed by atoms with Gasteiger partial charge in [-0.15, -0.1) is 0 Å². The number of benzene rings is 2. The van der Waals surface area contributed by atoms with Crippen molar-refractivity contribution < 1.29 is 13.9 Å². The summed E-state index contributed by atoms with van der Waals surface area (Å²) in [5.74, 6) is 0.226. The summed E-state index contributed by atoms with van der Waals surface area (Å²) in [7, 11) is 0. The zero-order chi connectivity index (χ0) is 20.9. The second kappa shape index (κ2) is 7.02. The topological polar surface area (TPSA) is 26.3 Å². The fourth-order valence-corrected chi connectivity index (χ4v) is 3.71. The molecule has 0 aromatic heterocycles. The number of rotatable bonds is 3. The van der Waals surface area contributed by atoms with E-state index in [9.17, 15) is 9.18 Å². The summed E-state index contributed by atoms with van der Waals surface area (Å²) in [5, 5.41) is 0. The number of hydrogen-bond donors (Lipinski definition) is 0. The van der Waals surface area contributed by atoms with Gasteiger partial charge in [0.25, 0.3) is 0 Å². The summed E-state index contributed by atoms with van der Waals surface area (Å²) in [4.78, 5) is 13.0. The third-order valence-corrected chi connectivity index (χ3v) is 5.44. The molecule has 0 amide bonds. The first kappa shape index (κ1) is 20.6. The largest absolute Gasteiger partial charge is 0.426 e. The Morgan fingerprint density at radius 3 is 1.93 bits per heavy atom. The SMILES string of the molecule is Cc1cc(C(C)(C)C)c(OC(=O)[C@H]2C[C@@H]2c2ccc(F)cc2)c(C(C)(C)C)c1. The predicted molar refractivity (Wildman–Crippen MR) is 111 cm³/mol. The monoisotopic (exact) mass is 382 g/mol. The maximum Gasteiger partial charge on any atom is 0.314 e. The van der Waals surface area contributed by atoms with Crippen molar-refractivity contribution in [2.45, 2.75) is 71.6 Å². The molecule has 1 aliphatic carbocycles. The smallest absolute Gasteiger partial charge is 0.314 e. The summed E-state index contributed by atoms with van der Waals surface area (Å²) in [6.07, 6.45) is 0.756. The molecule has 2 atom stereocenters. The number of esters is 1. The normalized spacial score (nSPS) is 19.4. The Kier molecular flexibility index (Phi) is 5.16. The first-order valence-electron chi connectivity index (χ1n) is 10.0. The quantitative estimate of drug-likeness (QED) is 0.451. The molecule has 2 nitrogen and oxygen atoms in total. The van der Waals surface area contributed by atoms with Gasteiger partial charge in [0.15, 0.2) is 0 Å². The van der Waals surface area contributed by atoms with Crippen molar-refractivity contribution >= 4 is 5.97 Å². The van der Waals surface area contributed by atoms with Crippen LogP contribution in [-0.4, -0.2) is 5.97 Å². The summed E-state index contributed by atoms with van der Waals surface area (Å²) >= 11 is 0. The van der Waals surface area contributed by atoms with Crippen molar-refractivity contribution in [1.82, 2.24) is 0 Å².